The van der Waals surface area contributed by atoms with E-state index in [2.05, 4.69) is 10.1 Å². The highest BCUT2D eigenvalue weighted by molar-refractivity contribution is 7.20. The number of nitrogens with zero attached hydrogens (tertiary/aromatic N) is 4. The van der Waals surface area contributed by atoms with Crippen LogP contribution in [0.25, 0.3) is 9.88 Å². The van der Waals surface area contributed by atoms with Gasteiger partial charge in [0, 0.05) is 30.7 Å². The van der Waals surface area contributed by atoms with Crippen LogP contribution in [0.4, 0.5) is 0 Å². The maximum Gasteiger partial charge on any atom is 0.273 e. The Morgan fingerprint density at radius 1 is 1.39 bits per heavy atom. The number of carbonyl (C=O) groups is 1. The molecule has 1 amide bonds. The van der Waals surface area contributed by atoms with Gasteiger partial charge in [0.2, 0.25) is 0 Å². The van der Waals surface area contributed by atoms with E-state index in [0.29, 0.717) is 5.69 Å². The lowest BCUT2D eigenvalue weighted by molar-refractivity contribution is 0.0730. The smallest absolute Gasteiger partial charge is 0.273 e. The van der Waals surface area contributed by atoms with Gasteiger partial charge in [0.15, 0.2) is 0 Å². The molecule has 0 saturated carbocycles. The predicted octanol–water partition coefficient (Wildman–Crippen LogP) is 3.58. The Morgan fingerprint density at radius 3 is 3.04 bits per heavy atom. The Bertz CT molecular complexity index is 821. The summed E-state index contributed by atoms with van der Waals surface area (Å²) in [6, 6.07) is 4.15. The summed E-state index contributed by atoms with van der Waals surface area (Å²) in [5.41, 5.74) is 1.65. The second kappa shape index (κ2) is 5.90. The van der Waals surface area contributed by atoms with E-state index >= 15 is 0 Å². The Kier molecular flexibility index (Phi) is 3.74. The molecular formula is C16H16N4OS2. The molecule has 0 N–H and O–H groups in total. The van der Waals surface area contributed by atoms with Crippen LogP contribution in [0.1, 0.15) is 34.9 Å². The maximum absolute atomic E-state index is 12.9. The van der Waals surface area contributed by atoms with Gasteiger partial charge in [-0.05, 0) is 24.3 Å². The van der Waals surface area contributed by atoms with Crippen LogP contribution in [-0.4, -0.2) is 32.1 Å². The first-order chi connectivity index (χ1) is 11.2. The Labute approximate surface area is 142 Å². The molecule has 0 unspecified atom stereocenters. The molecule has 1 aliphatic heterocycles. The Hall–Kier alpha value is -1.99. The lowest BCUT2D eigenvalue weighted by atomic mass is 10.1. The third-order valence-electron chi connectivity index (χ3n) is 4.08. The monoisotopic (exact) mass is 344 g/mol. The molecule has 5 nitrogen and oxygen atoms in total. The second-order valence-corrected chi connectivity index (χ2v) is 7.42. The van der Waals surface area contributed by atoms with Crippen LogP contribution >= 0.6 is 22.7 Å². The van der Waals surface area contributed by atoms with Gasteiger partial charge in [-0.3, -0.25) is 9.48 Å². The first-order valence-corrected chi connectivity index (χ1v) is 9.27. The van der Waals surface area contributed by atoms with Crippen molar-refractivity contribution in [3.63, 3.8) is 0 Å². The van der Waals surface area contributed by atoms with E-state index in [1.165, 1.54) is 11.3 Å². The first-order valence-electron chi connectivity index (χ1n) is 7.51. The summed E-state index contributed by atoms with van der Waals surface area (Å²) >= 11 is 3.18. The van der Waals surface area contributed by atoms with Gasteiger partial charge >= 0.3 is 0 Å². The number of thiophene rings is 1. The minimum atomic E-state index is 0.0235. The number of aryl methyl sites for hydroxylation is 1. The number of likely N-dealkylation sites (tertiary alicyclic amines) is 1. The van der Waals surface area contributed by atoms with Crippen molar-refractivity contribution in [1.29, 1.82) is 0 Å². The van der Waals surface area contributed by atoms with Crippen LogP contribution in [0.3, 0.4) is 0 Å². The van der Waals surface area contributed by atoms with Crippen molar-refractivity contribution in [2.75, 3.05) is 6.54 Å². The lowest BCUT2D eigenvalue weighted by Gasteiger charge is -2.22. The molecule has 23 heavy (non-hydrogen) atoms. The zero-order valence-electron chi connectivity index (χ0n) is 12.7. The van der Waals surface area contributed by atoms with Crippen LogP contribution in [-0.2, 0) is 7.05 Å². The van der Waals surface area contributed by atoms with Crippen molar-refractivity contribution in [2.24, 2.45) is 7.05 Å². The van der Waals surface area contributed by atoms with Crippen molar-refractivity contribution < 1.29 is 4.79 Å². The van der Waals surface area contributed by atoms with E-state index in [-0.39, 0.29) is 11.9 Å². The molecule has 7 heteroatoms. The van der Waals surface area contributed by atoms with Crippen molar-refractivity contribution >= 4 is 28.6 Å². The highest BCUT2D eigenvalue weighted by Crippen LogP contribution is 2.34. The number of amides is 1. The molecule has 0 aromatic carbocycles. The summed E-state index contributed by atoms with van der Waals surface area (Å²) in [6.45, 7) is 0.782. The van der Waals surface area contributed by atoms with Crippen molar-refractivity contribution in [3.8, 4) is 9.88 Å². The van der Waals surface area contributed by atoms with E-state index in [1.807, 2.05) is 47.2 Å². The molecule has 0 spiro atoms. The number of carbonyl (C=O) groups excluding carboxylic acids is 1. The fourth-order valence-electron chi connectivity index (χ4n) is 3.00. The van der Waals surface area contributed by atoms with Crippen LogP contribution in [0.15, 0.2) is 35.3 Å². The number of aromatic nitrogens is 3. The molecular weight excluding hydrogens is 328 g/mol. The lowest BCUT2D eigenvalue weighted by Crippen LogP contribution is -2.30. The number of rotatable bonds is 3. The van der Waals surface area contributed by atoms with E-state index in [0.717, 1.165) is 34.8 Å². The third-order valence-corrected chi connectivity index (χ3v) is 5.96. The SMILES string of the molecule is Cn1cc([C@@H]2CCCN2C(=O)c2csc(-c3cccs3)n2)cn1. The summed E-state index contributed by atoms with van der Waals surface area (Å²) in [7, 11) is 1.90. The molecule has 4 heterocycles. The van der Waals surface area contributed by atoms with Crippen LogP contribution in [0.5, 0.6) is 0 Å². The highest BCUT2D eigenvalue weighted by atomic mass is 32.1. The average Bonchev–Trinajstić information content (AvgIpc) is 3.31. The number of hydrogen-bond acceptors (Lipinski definition) is 5. The van der Waals surface area contributed by atoms with E-state index in [4.69, 9.17) is 0 Å². The Morgan fingerprint density at radius 2 is 2.30 bits per heavy atom. The van der Waals surface area contributed by atoms with Gasteiger partial charge in [0.1, 0.15) is 10.7 Å². The minimum absolute atomic E-state index is 0.0235. The molecule has 1 aliphatic rings. The van der Waals surface area contributed by atoms with Crippen molar-refractivity contribution in [1.82, 2.24) is 19.7 Å². The zero-order valence-corrected chi connectivity index (χ0v) is 14.3. The summed E-state index contributed by atoms with van der Waals surface area (Å²) in [5, 5.41) is 9.05. The molecule has 0 aliphatic carbocycles. The summed E-state index contributed by atoms with van der Waals surface area (Å²) in [6.07, 6.45) is 5.86. The summed E-state index contributed by atoms with van der Waals surface area (Å²) in [4.78, 5) is 20.5. The average molecular weight is 344 g/mol. The Balaban J connectivity index is 1.58. The van der Waals surface area contributed by atoms with Crippen LogP contribution in [0.2, 0.25) is 0 Å². The molecule has 3 aromatic rings. The topological polar surface area (TPSA) is 51.0 Å². The molecule has 1 atom stereocenters. The molecule has 1 saturated heterocycles. The van der Waals surface area contributed by atoms with Gasteiger partial charge in [0.25, 0.3) is 5.91 Å². The van der Waals surface area contributed by atoms with E-state index < -0.39 is 0 Å². The largest absolute Gasteiger partial charge is 0.330 e. The molecule has 1 fully saturated rings. The number of hydrogen-bond donors (Lipinski definition) is 0. The standard InChI is InChI=1S/C16H16N4OS2/c1-19-9-11(8-17-19)13-4-2-6-20(13)16(21)12-10-23-15(18-12)14-5-3-7-22-14/h3,5,7-10,13H,2,4,6H2,1H3/t13-/m0/s1. The van der Waals surface area contributed by atoms with Gasteiger partial charge in [-0.2, -0.15) is 5.10 Å². The molecule has 4 rings (SSSR count). The number of thiazole rings is 1. The van der Waals surface area contributed by atoms with Gasteiger partial charge in [-0.25, -0.2) is 4.98 Å². The quantitative estimate of drug-likeness (QED) is 0.730. The maximum atomic E-state index is 12.9. The van der Waals surface area contributed by atoms with E-state index in [1.54, 1.807) is 16.0 Å². The predicted molar refractivity (Wildman–Crippen MR) is 91.6 cm³/mol. The van der Waals surface area contributed by atoms with Gasteiger partial charge in [0.05, 0.1) is 17.1 Å². The van der Waals surface area contributed by atoms with Crippen LogP contribution < -0.4 is 0 Å². The fraction of sp³-hybridized carbons (Fsp3) is 0.312. The summed E-state index contributed by atoms with van der Waals surface area (Å²) < 4.78 is 1.79. The second-order valence-electron chi connectivity index (χ2n) is 5.62. The third kappa shape index (κ3) is 2.70. The minimum Gasteiger partial charge on any atom is -0.330 e. The fourth-order valence-corrected chi connectivity index (χ4v) is 4.61. The molecule has 3 aromatic heterocycles. The zero-order chi connectivity index (χ0) is 15.8. The highest BCUT2D eigenvalue weighted by Gasteiger charge is 2.32. The van der Waals surface area contributed by atoms with Gasteiger partial charge in [-0.1, -0.05) is 6.07 Å². The summed E-state index contributed by atoms with van der Waals surface area (Å²) in [5.74, 6) is 0.0235. The normalized spacial score (nSPS) is 17.8. The van der Waals surface area contributed by atoms with Crippen molar-refractivity contribution in [2.45, 2.75) is 18.9 Å². The molecule has 118 valence electrons. The van der Waals surface area contributed by atoms with Gasteiger partial charge < -0.3 is 4.90 Å². The van der Waals surface area contributed by atoms with Gasteiger partial charge in [-0.15, -0.1) is 22.7 Å². The molecule has 0 radical (unpaired) electrons. The molecule has 0 bridgehead atoms. The van der Waals surface area contributed by atoms with Crippen molar-refractivity contribution in [3.05, 3.63) is 46.5 Å². The first kappa shape index (κ1) is 14.6. The van der Waals surface area contributed by atoms with E-state index in [9.17, 15) is 4.79 Å². The van der Waals surface area contributed by atoms with Crippen LogP contribution in [0, 0.1) is 0 Å².